The van der Waals surface area contributed by atoms with Gasteiger partial charge in [0.05, 0.1) is 0 Å². The molecule has 0 atom stereocenters. The number of unbranched alkanes of at least 4 members (excludes halogenated alkanes) is 1. The minimum atomic E-state index is -0.673. The maximum absolute atomic E-state index is 11.4. The van der Waals surface area contributed by atoms with E-state index in [0.29, 0.717) is 0 Å². The van der Waals surface area contributed by atoms with Gasteiger partial charge in [-0.05, 0) is 39.9 Å². The average molecular weight is 228 g/mol. The van der Waals surface area contributed by atoms with E-state index in [1.807, 2.05) is 19.0 Å². The second-order valence-corrected chi connectivity index (χ2v) is 4.93. The third-order valence-corrected chi connectivity index (χ3v) is 3.77. The summed E-state index contributed by atoms with van der Waals surface area (Å²) in [7, 11) is 3.74. The summed E-state index contributed by atoms with van der Waals surface area (Å²) in [6, 6.07) is 0. The minimum Gasteiger partial charge on any atom is -0.480 e. The van der Waals surface area contributed by atoms with Gasteiger partial charge in [0.15, 0.2) is 0 Å². The quantitative estimate of drug-likeness (QED) is 0.769. The lowest BCUT2D eigenvalue weighted by molar-refractivity contribution is -0.153. The highest BCUT2D eigenvalue weighted by atomic mass is 16.4. The molecule has 0 amide bonds. The molecular weight excluding hydrogens is 204 g/mol. The zero-order valence-electron chi connectivity index (χ0n) is 10.7. The average Bonchev–Trinajstić information content (AvgIpc) is 2.26. The molecule has 4 heteroatoms. The van der Waals surface area contributed by atoms with Gasteiger partial charge in [0, 0.05) is 13.1 Å². The number of carboxylic acids is 1. The molecule has 1 aliphatic heterocycles. The Hall–Kier alpha value is -0.610. The van der Waals surface area contributed by atoms with E-state index in [1.165, 1.54) is 12.8 Å². The third kappa shape index (κ3) is 2.74. The van der Waals surface area contributed by atoms with Gasteiger partial charge >= 0.3 is 5.97 Å². The maximum Gasteiger partial charge on any atom is 0.324 e. The summed E-state index contributed by atoms with van der Waals surface area (Å²) in [5.74, 6) is -0.673. The van der Waals surface area contributed by atoms with E-state index in [0.717, 1.165) is 32.5 Å². The van der Waals surface area contributed by atoms with Crippen molar-refractivity contribution < 1.29 is 9.90 Å². The Morgan fingerprint density at radius 1 is 1.38 bits per heavy atom. The van der Waals surface area contributed by atoms with E-state index >= 15 is 0 Å². The number of hydrogen-bond acceptors (Lipinski definition) is 3. The highest BCUT2D eigenvalue weighted by Crippen LogP contribution is 2.27. The number of aliphatic carboxylic acids is 1. The van der Waals surface area contributed by atoms with Crippen molar-refractivity contribution in [2.45, 2.75) is 38.1 Å². The van der Waals surface area contributed by atoms with Crippen LogP contribution in [0.15, 0.2) is 0 Å². The molecule has 1 saturated heterocycles. The number of likely N-dealkylation sites (tertiary alicyclic amines) is 1. The smallest absolute Gasteiger partial charge is 0.324 e. The van der Waals surface area contributed by atoms with Crippen molar-refractivity contribution >= 4 is 5.97 Å². The van der Waals surface area contributed by atoms with Crippen molar-refractivity contribution in [3.8, 4) is 0 Å². The lowest BCUT2D eigenvalue weighted by Crippen LogP contribution is -2.57. The monoisotopic (exact) mass is 228 g/mol. The summed E-state index contributed by atoms with van der Waals surface area (Å²) in [6.07, 6.45) is 3.88. The van der Waals surface area contributed by atoms with Crippen LogP contribution in [0.25, 0.3) is 0 Å². The Morgan fingerprint density at radius 3 is 2.31 bits per heavy atom. The van der Waals surface area contributed by atoms with Gasteiger partial charge in [0.1, 0.15) is 5.54 Å². The molecule has 16 heavy (non-hydrogen) atoms. The van der Waals surface area contributed by atoms with Crippen LogP contribution in [0.1, 0.15) is 32.6 Å². The lowest BCUT2D eigenvalue weighted by atomic mass is 9.86. The van der Waals surface area contributed by atoms with Gasteiger partial charge in [-0.2, -0.15) is 0 Å². The van der Waals surface area contributed by atoms with E-state index in [-0.39, 0.29) is 0 Å². The fourth-order valence-corrected chi connectivity index (χ4v) is 2.38. The molecule has 1 N–H and O–H groups in total. The zero-order chi connectivity index (χ0) is 12.2. The summed E-state index contributed by atoms with van der Waals surface area (Å²) in [4.78, 5) is 15.6. The van der Waals surface area contributed by atoms with Gasteiger partial charge < -0.3 is 10.0 Å². The van der Waals surface area contributed by atoms with E-state index in [2.05, 4.69) is 11.8 Å². The lowest BCUT2D eigenvalue weighted by Gasteiger charge is -2.42. The molecule has 4 nitrogen and oxygen atoms in total. The van der Waals surface area contributed by atoms with E-state index in [4.69, 9.17) is 0 Å². The van der Waals surface area contributed by atoms with Gasteiger partial charge in [-0.25, -0.2) is 0 Å². The number of hydrogen-bond donors (Lipinski definition) is 1. The normalized spacial score (nSPS) is 21.2. The second kappa shape index (κ2) is 5.64. The summed E-state index contributed by atoms with van der Waals surface area (Å²) >= 11 is 0. The Balaban J connectivity index is 2.53. The van der Waals surface area contributed by atoms with Crippen LogP contribution in [0.4, 0.5) is 0 Å². The molecule has 0 bridgehead atoms. The van der Waals surface area contributed by atoms with E-state index in [9.17, 15) is 9.90 Å². The van der Waals surface area contributed by atoms with Gasteiger partial charge in [-0.15, -0.1) is 0 Å². The largest absolute Gasteiger partial charge is 0.480 e. The van der Waals surface area contributed by atoms with Crippen LogP contribution in [-0.4, -0.2) is 60.1 Å². The topological polar surface area (TPSA) is 43.8 Å². The van der Waals surface area contributed by atoms with Crippen molar-refractivity contribution in [1.29, 1.82) is 0 Å². The SMILES string of the molecule is CCCCN1CCC(C(=O)O)(N(C)C)CC1. The molecule has 0 saturated carbocycles. The molecule has 1 aliphatic rings. The molecule has 0 spiro atoms. The standard InChI is InChI=1S/C12H24N2O2/c1-4-5-8-14-9-6-12(7-10-14,11(15)16)13(2)3/h4-10H2,1-3H3,(H,15,16). The van der Waals surface area contributed by atoms with Crippen LogP contribution in [0, 0.1) is 0 Å². The van der Waals surface area contributed by atoms with Crippen LogP contribution in [0.3, 0.4) is 0 Å². The van der Waals surface area contributed by atoms with Gasteiger partial charge in [0.25, 0.3) is 0 Å². The van der Waals surface area contributed by atoms with Crippen LogP contribution in [0.5, 0.6) is 0 Å². The highest BCUT2D eigenvalue weighted by molar-refractivity contribution is 5.78. The number of carboxylic acid groups (broad SMARTS) is 1. The molecule has 94 valence electrons. The third-order valence-electron chi connectivity index (χ3n) is 3.77. The summed E-state index contributed by atoms with van der Waals surface area (Å²) in [6.45, 7) is 5.11. The maximum atomic E-state index is 11.4. The Morgan fingerprint density at radius 2 is 1.94 bits per heavy atom. The van der Waals surface area contributed by atoms with Gasteiger partial charge in [0.2, 0.25) is 0 Å². The van der Waals surface area contributed by atoms with Gasteiger partial charge in [-0.3, -0.25) is 9.69 Å². The molecule has 0 aromatic carbocycles. The van der Waals surface area contributed by atoms with E-state index < -0.39 is 11.5 Å². The van der Waals surface area contributed by atoms with Crippen molar-refractivity contribution in [2.75, 3.05) is 33.7 Å². The number of likely N-dealkylation sites (N-methyl/N-ethyl adjacent to an activating group) is 1. The van der Waals surface area contributed by atoms with Crippen molar-refractivity contribution in [3.05, 3.63) is 0 Å². The fourth-order valence-electron chi connectivity index (χ4n) is 2.38. The van der Waals surface area contributed by atoms with Crippen molar-refractivity contribution in [3.63, 3.8) is 0 Å². The number of piperidine rings is 1. The first-order chi connectivity index (χ1) is 7.53. The number of rotatable bonds is 5. The molecule has 0 unspecified atom stereocenters. The van der Waals surface area contributed by atoms with Gasteiger partial charge in [-0.1, -0.05) is 13.3 Å². The Kier molecular flexibility index (Phi) is 4.74. The van der Waals surface area contributed by atoms with Crippen LogP contribution < -0.4 is 0 Å². The number of carbonyl (C=O) groups is 1. The summed E-state index contributed by atoms with van der Waals surface area (Å²) in [5, 5.41) is 9.36. The molecule has 0 aliphatic carbocycles. The molecule has 0 aromatic rings. The molecule has 0 radical (unpaired) electrons. The fraction of sp³-hybridized carbons (Fsp3) is 0.917. The zero-order valence-corrected chi connectivity index (χ0v) is 10.7. The predicted molar refractivity (Wildman–Crippen MR) is 64.6 cm³/mol. The van der Waals surface area contributed by atoms with Crippen LogP contribution in [0.2, 0.25) is 0 Å². The second-order valence-electron chi connectivity index (χ2n) is 4.93. The number of nitrogens with zero attached hydrogens (tertiary/aromatic N) is 2. The van der Waals surface area contributed by atoms with Crippen molar-refractivity contribution in [1.82, 2.24) is 9.80 Å². The minimum absolute atomic E-state index is 0.636. The molecule has 1 rings (SSSR count). The molecule has 1 fully saturated rings. The first-order valence-corrected chi connectivity index (χ1v) is 6.16. The summed E-state index contributed by atoms with van der Waals surface area (Å²) < 4.78 is 0. The first-order valence-electron chi connectivity index (χ1n) is 6.16. The van der Waals surface area contributed by atoms with Crippen LogP contribution in [-0.2, 0) is 4.79 Å². The van der Waals surface area contributed by atoms with Crippen LogP contribution >= 0.6 is 0 Å². The Bertz CT molecular complexity index is 233. The Labute approximate surface area is 98.2 Å². The predicted octanol–water partition coefficient (Wildman–Crippen LogP) is 1.27. The molecular formula is C12H24N2O2. The summed E-state index contributed by atoms with van der Waals surface area (Å²) in [5.41, 5.74) is -0.636. The molecule has 1 heterocycles. The van der Waals surface area contributed by atoms with Crippen molar-refractivity contribution in [2.24, 2.45) is 0 Å². The molecule has 0 aromatic heterocycles. The first kappa shape index (κ1) is 13.5. The van der Waals surface area contributed by atoms with E-state index in [1.54, 1.807) is 0 Å². The highest BCUT2D eigenvalue weighted by Gasteiger charge is 2.43.